The Bertz CT molecular complexity index is 487. The van der Waals surface area contributed by atoms with Gasteiger partial charge in [0.05, 0.1) is 12.7 Å². The van der Waals surface area contributed by atoms with E-state index in [0.29, 0.717) is 12.6 Å². The zero-order valence-electron chi connectivity index (χ0n) is 11.2. The van der Waals surface area contributed by atoms with Crippen LogP contribution in [0.1, 0.15) is 42.7 Å². The fraction of sp³-hybridized carbons (Fsp3) is 0.400. The first-order valence-corrected chi connectivity index (χ1v) is 6.42. The number of rotatable bonds is 5. The van der Waals surface area contributed by atoms with Crippen molar-refractivity contribution in [2.75, 3.05) is 0 Å². The molecule has 18 heavy (non-hydrogen) atoms. The summed E-state index contributed by atoms with van der Waals surface area (Å²) in [5.41, 5.74) is 2.56. The summed E-state index contributed by atoms with van der Waals surface area (Å²) in [5.74, 6) is 1.70. The molecule has 0 aliphatic heterocycles. The Labute approximate surface area is 108 Å². The number of oxazole rings is 1. The number of hydrogen-bond acceptors (Lipinski definition) is 3. The van der Waals surface area contributed by atoms with Crippen LogP contribution in [0.4, 0.5) is 0 Å². The van der Waals surface area contributed by atoms with Gasteiger partial charge in [0.2, 0.25) is 5.89 Å². The summed E-state index contributed by atoms with van der Waals surface area (Å²) in [7, 11) is 0. The smallest absolute Gasteiger partial charge is 0.208 e. The average molecular weight is 244 g/mol. The van der Waals surface area contributed by atoms with E-state index in [1.807, 2.05) is 0 Å². The molecule has 0 bridgehead atoms. The summed E-state index contributed by atoms with van der Waals surface area (Å²) < 4.78 is 5.56. The van der Waals surface area contributed by atoms with E-state index in [2.05, 4.69) is 55.3 Å². The van der Waals surface area contributed by atoms with Crippen molar-refractivity contribution in [1.82, 2.24) is 10.3 Å². The molecule has 2 aromatic rings. The topological polar surface area (TPSA) is 38.1 Å². The zero-order valence-corrected chi connectivity index (χ0v) is 11.2. The molecule has 1 aromatic carbocycles. The maximum absolute atomic E-state index is 5.56. The molecule has 1 atom stereocenters. The van der Waals surface area contributed by atoms with E-state index in [-0.39, 0.29) is 0 Å². The molecule has 0 radical (unpaired) electrons. The molecule has 0 spiro atoms. The van der Waals surface area contributed by atoms with Crippen molar-refractivity contribution in [3.8, 4) is 0 Å². The SMILES string of the molecule is CCc1cnc(CNC(C)c2ccc(C)cc2)o1. The molecule has 0 amide bonds. The molecule has 3 heteroatoms. The van der Waals surface area contributed by atoms with Gasteiger partial charge in [0, 0.05) is 12.5 Å². The largest absolute Gasteiger partial charge is 0.444 e. The second-order valence-electron chi connectivity index (χ2n) is 4.59. The molecule has 96 valence electrons. The van der Waals surface area contributed by atoms with Gasteiger partial charge >= 0.3 is 0 Å². The number of hydrogen-bond donors (Lipinski definition) is 1. The summed E-state index contributed by atoms with van der Waals surface area (Å²) in [6, 6.07) is 8.87. The van der Waals surface area contributed by atoms with Crippen LogP contribution in [0.2, 0.25) is 0 Å². The number of nitrogens with zero attached hydrogens (tertiary/aromatic N) is 1. The summed E-state index contributed by atoms with van der Waals surface area (Å²) in [6.45, 7) is 6.97. The van der Waals surface area contributed by atoms with Gasteiger partial charge in [-0.15, -0.1) is 0 Å². The number of benzene rings is 1. The van der Waals surface area contributed by atoms with Crippen LogP contribution < -0.4 is 5.32 Å². The number of nitrogens with one attached hydrogen (secondary N) is 1. The highest BCUT2D eigenvalue weighted by Crippen LogP contribution is 2.14. The first-order valence-electron chi connectivity index (χ1n) is 6.42. The molecule has 1 aromatic heterocycles. The predicted octanol–water partition coefficient (Wildman–Crippen LogP) is 3.40. The van der Waals surface area contributed by atoms with E-state index < -0.39 is 0 Å². The predicted molar refractivity (Wildman–Crippen MR) is 72.3 cm³/mol. The van der Waals surface area contributed by atoms with Crippen molar-refractivity contribution >= 4 is 0 Å². The minimum atomic E-state index is 0.294. The molecule has 3 nitrogen and oxygen atoms in total. The van der Waals surface area contributed by atoms with Crippen LogP contribution in [-0.2, 0) is 13.0 Å². The minimum absolute atomic E-state index is 0.294. The second-order valence-corrected chi connectivity index (χ2v) is 4.59. The first-order chi connectivity index (χ1) is 8.69. The van der Waals surface area contributed by atoms with Gasteiger partial charge < -0.3 is 9.73 Å². The van der Waals surface area contributed by atoms with Crippen LogP contribution in [0.3, 0.4) is 0 Å². The third-order valence-electron chi connectivity index (χ3n) is 3.09. The lowest BCUT2D eigenvalue weighted by molar-refractivity contribution is 0.424. The Morgan fingerprint density at radius 3 is 2.61 bits per heavy atom. The van der Waals surface area contributed by atoms with Crippen molar-refractivity contribution in [2.24, 2.45) is 0 Å². The Balaban J connectivity index is 1.91. The summed E-state index contributed by atoms with van der Waals surface area (Å²) in [4.78, 5) is 4.24. The van der Waals surface area contributed by atoms with Crippen LogP contribution in [0, 0.1) is 6.92 Å². The van der Waals surface area contributed by atoms with Crippen molar-refractivity contribution < 1.29 is 4.42 Å². The average Bonchev–Trinajstić information content (AvgIpc) is 2.85. The molecule has 0 saturated heterocycles. The van der Waals surface area contributed by atoms with Crippen molar-refractivity contribution in [3.05, 3.63) is 53.2 Å². The lowest BCUT2D eigenvalue weighted by atomic mass is 10.1. The van der Waals surface area contributed by atoms with E-state index in [1.54, 1.807) is 6.20 Å². The van der Waals surface area contributed by atoms with E-state index in [1.165, 1.54) is 11.1 Å². The third-order valence-corrected chi connectivity index (χ3v) is 3.09. The van der Waals surface area contributed by atoms with Crippen molar-refractivity contribution in [2.45, 2.75) is 39.8 Å². The van der Waals surface area contributed by atoms with Crippen LogP contribution in [0.15, 0.2) is 34.9 Å². The number of aryl methyl sites for hydroxylation is 2. The molecule has 0 aliphatic rings. The Kier molecular flexibility index (Phi) is 4.15. The Morgan fingerprint density at radius 2 is 2.00 bits per heavy atom. The molecule has 1 N–H and O–H groups in total. The van der Waals surface area contributed by atoms with Crippen molar-refractivity contribution in [1.29, 1.82) is 0 Å². The van der Waals surface area contributed by atoms with Gasteiger partial charge in [-0.05, 0) is 19.4 Å². The highest BCUT2D eigenvalue weighted by molar-refractivity contribution is 5.23. The van der Waals surface area contributed by atoms with E-state index in [4.69, 9.17) is 4.42 Å². The number of aromatic nitrogens is 1. The Hall–Kier alpha value is -1.61. The van der Waals surface area contributed by atoms with Crippen molar-refractivity contribution in [3.63, 3.8) is 0 Å². The fourth-order valence-electron chi connectivity index (χ4n) is 1.81. The van der Waals surface area contributed by atoms with Gasteiger partial charge in [-0.2, -0.15) is 0 Å². The molecular weight excluding hydrogens is 224 g/mol. The van der Waals surface area contributed by atoms with Gasteiger partial charge in [-0.3, -0.25) is 0 Å². The maximum Gasteiger partial charge on any atom is 0.208 e. The van der Waals surface area contributed by atoms with Gasteiger partial charge in [-0.1, -0.05) is 36.8 Å². The van der Waals surface area contributed by atoms with Gasteiger partial charge in [0.1, 0.15) is 5.76 Å². The highest BCUT2D eigenvalue weighted by atomic mass is 16.4. The molecule has 0 saturated carbocycles. The van der Waals surface area contributed by atoms with Gasteiger partial charge in [0.15, 0.2) is 0 Å². The van der Waals surface area contributed by atoms with Crippen LogP contribution in [0.5, 0.6) is 0 Å². The molecular formula is C15H20N2O. The highest BCUT2D eigenvalue weighted by Gasteiger charge is 2.07. The third kappa shape index (κ3) is 3.20. The standard InChI is InChI=1S/C15H20N2O/c1-4-14-9-17-15(18-14)10-16-12(3)13-7-5-11(2)6-8-13/h5-9,12,16H,4,10H2,1-3H3. The molecule has 0 fully saturated rings. The second kappa shape index (κ2) is 5.83. The first kappa shape index (κ1) is 12.8. The normalized spacial score (nSPS) is 12.6. The quantitative estimate of drug-likeness (QED) is 0.876. The molecule has 1 heterocycles. The van der Waals surface area contributed by atoms with Crippen LogP contribution >= 0.6 is 0 Å². The monoisotopic (exact) mass is 244 g/mol. The Morgan fingerprint density at radius 1 is 1.28 bits per heavy atom. The lowest BCUT2D eigenvalue weighted by Crippen LogP contribution is -2.18. The fourth-order valence-corrected chi connectivity index (χ4v) is 1.81. The van der Waals surface area contributed by atoms with E-state index in [9.17, 15) is 0 Å². The molecule has 2 rings (SSSR count). The van der Waals surface area contributed by atoms with Gasteiger partial charge in [0.25, 0.3) is 0 Å². The van der Waals surface area contributed by atoms with Gasteiger partial charge in [-0.25, -0.2) is 4.98 Å². The molecule has 0 aliphatic carbocycles. The summed E-state index contributed by atoms with van der Waals surface area (Å²) in [6.07, 6.45) is 2.69. The summed E-state index contributed by atoms with van der Waals surface area (Å²) in [5, 5.41) is 3.42. The van der Waals surface area contributed by atoms with E-state index >= 15 is 0 Å². The lowest BCUT2D eigenvalue weighted by Gasteiger charge is -2.13. The zero-order chi connectivity index (χ0) is 13.0. The van der Waals surface area contributed by atoms with Crippen LogP contribution in [0.25, 0.3) is 0 Å². The maximum atomic E-state index is 5.56. The summed E-state index contributed by atoms with van der Waals surface area (Å²) >= 11 is 0. The van der Waals surface area contributed by atoms with Crippen LogP contribution in [-0.4, -0.2) is 4.98 Å². The minimum Gasteiger partial charge on any atom is -0.444 e. The van der Waals surface area contributed by atoms with E-state index in [0.717, 1.165) is 18.1 Å². The molecule has 1 unspecified atom stereocenters.